The van der Waals surface area contributed by atoms with Crippen molar-refractivity contribution in [2.75, 3.05) is 12.4 Å². The predicted molar refractivity (Wildman–Crippen MR) is 44.6 cm³/mol. The first kappa shape index (κ1) is 7.78. The van der Waals surface area contributed by atoms with Crippen LogP contribution in [-0.2, 0) is 6.54 Å². The van der Waals surface area contributed by atoms with Gasteiger partial charge in [-0.3, -0.25) is 0 Å². The monoisotopic (exact) mass is 177 g/mol. The molecule has 0 radical (unpaired) electrons. The molecule has 0 aliphatic rings. The first-order valence-corrected chi connectivity index (χ1v) is 4.00. The third-order valence-corrected chi connectivity index (χ3v) is 2.57. The average Bonchev–Trinajstić information content (AvgIpc) is 2.30. The summed E-state index contributed by atoms with van der Waals surface area (Å²) in [6.45, 7) is 0.457. The first-order valence-electron chi connectivity index (χ1n) is 2.81. The highest BCUT2D eigenvalue weighted by Crippen LogP contribution is 2.25. The molecule has 1 aromatic rings. The van der Waals surface area contributed by atoms with Gasteiger partial charge in [-0.05, 0) is 0 Å². The zero-order valence-electron chi connectivity index (χ0n) is 5.52. The lowest BCUT2D eigenvalue weighted by atomic mass is 10.6. The second kappa shape index (κ2) is 3.18. The minimum Gasteiger partial charge on any atom is -0.365 e. The van der Waals surface area contributed by atoms with Crippen LogP contribution in [0.15, 0.2) is 0 Å². The number of anilines is 1. The number of thiazole rings is 1. The summed E-state index contributed by atoms with van der Waals surface area (Å²) >= 11 is 7.18. The second-order valence-corrected chi connectivity index (χ2v) is 3.13. The standard InChI is InChI=1S/C5H8ClN3S/c1-8-5-9-4(6)3(2-7)10-5/h2,7H2,1H3,(H,8,9). The number of nitrogens with two attached hydrogens (primary N) is 1. The lowest BCUT2D eigenvalue weighted by Gasteiger charge is -1.85. The molecule has 1 rings (SSSR count). The fraction of sp³-hybridized carbons (Fsp3) is 0.400. The highest BCUT2D eigenvalue weighted by atomic mass is 35.5. The number of rotatable bonds is 2. The minimum atomic E-state index is 0.457. The molecule has 0 amide bonds. The van der Waals surface area contributed by atoms with Crippen molar-refractivity contribution in [1.82, 2.24) is 4.98 Å². The zero-order chi connectivity index (χ0) is 7.56. The molecule has 0 fully saturated rings. The van der Waals surface area contributed by atoms with E-state index in [1.807, 2.05) is 0 Å². The molecule has 3 N–H and O–H groups in total. The Labute approximate surface area is 68.2 Å². The van der Waals surface area contributed by atoms with E-state index in [1.165, 1.54) is 11.3 Å². The third-order valence-electron chi connectivity index (χ3n) is 1.05. The topological polar surface area (TPSA) is 50.9 Å². The van der Waals surface area contributed by atoms with E-state index in [2.05, 4.69) is 10.3 Å². The number of hydrogen-bond donors (Lipinski definition) is 2. The van der Waals surface area contributed by atoms with E-state index in [1.54, 1.807) is 7.05 Å². The molecule has 0 atom stereocenters. The van der Waals surface area contributed by atoms with Crippen molar-refractivity contribution >= 4 is 28.1 Å². The SMILES string of the molecule is CNc1nc(Cl)c(CN)s1. The van der Waals surface area contributed by atoms with E-state index in [-0.39, 0.29) is 0 Å². The van der Waals surface area contributed by atoms with Crippen molar-refractivity contribution in [3.8, 4) is 0 Å². The summed E-state index contributed by atoms with van der Waals surface area (Å²) in [6.07, 6.45) is 0. The molecule has 5 heteroatoms. The maximum absolute atomic E-state index is 5.70. The Kier molecular flexibility index (Phi) is 2.48. The molecule has 0 bridgehead atoms. The molecule has 0 aliphatic heterocycles. The van der Waals surface area contributed by atoms with Gasteiger partial charge in [0.2, 0.25) is 0 Å². The van der Waals surface area contributed by atoms with Crippen LogP contribution in [0.5, 0.6) is 0 Å². The molecule has 0 unspecified atom stereocenters. The third kappa shape index (κ3) is 1.39. The van der Waals surface area contributed by atoms with E-state index in [0.717, 1.165) is 10.0 Å². The Morgan fingerprint density at radius 3 is 2.80 bits per heavy atom. The minimum absolute atomic E-state index is 0.457. The summed E-state index contributed by atoms with van der Waals surface area (Å²) < 4.78 is 0. The van der Waals surface area contributed by atoms with Crippen LogP contribution in [0.25, 0.3) is 0 Å². The van der Waals surface area contributed by atoms with E-state index >= 15 is 0 Å². The summed E-state index contributed by atoms with van der Waals surface area (Å²) in [6, 6.07) is 0. The van der Waals surface area contributed by atoms with Crippen molar-refractivity contribution in [3.05, 3.63) is 10.0 Å². The Hall–Kier alpha value is -0.320. The lowest BCUT2D eigenvalue weighted by molar-refractivity contribution is 1.10. The summed E-state index contributed by atoms with van der Waals surface area (Å²) in [7, 11) is 1.80. The van der Waals surface area contributed by atoms with E-state index < -0.39 is 0 Å². The molecular weight excluding hydrogens is 170 g/mol. The van der Waals surface area contributed by atoms with E-state index in [9.17, 15) is 0 Å². The number of halogens is 1. The van der Waals surface area contributed by atoms with Crippen molar-refractivity contribution in [1.29, 1.82) is 0 Å². The van der Waals surface area contributed by atoms with Crippen molar-refractivity contribution in [2.45, 2.75) is 6.54 Å². The molecule has 0 saturated carbocycles. The Morgan fingerprint density at radius 1 is 1.80 bits per heavy atom. The number of aromatic nitrogens is 1. The largest absolute Gasteiger partial charge is 0.365 e. The van der Waals surface area contributed by atoms with Crippen LogP contribution in [0.3, 0.4) is 0 Å². The van der Waals surface area contributed by atoms with Gasteiger partial charge in [0.05, 0.1) is 4.88 Å². The van der Waals surface area contributed by atoms with Crippen LogP contribution >= 0.6 is 22.9 Å². The van der Waals surface area contributed by atoms with Crippen LogP contribution < -0.4 is 11.1 Å². The molecule has 10 heavy (non-hydrogen) atoms. The molecule has 56 valence electrons. The molecule has 0 spiro atoms. The van der Waals surface area contributed by atoms with Crippen molar-refractivity contribution < 1.29 is 0 Å². The molecule has 1 heterocycles. The summed E-state index contributed by atoms with van der Waals surface area (Å²) in [5, 5.41) is 4.21. The lowest BCUT2D eigenvalue weighted by Crippen LogP contribution is -1.92. The Balaban J connectivity index is 2.92. The zero-order valence-corrected chi connectivity index (χ0v) is 7.09. The molecule has 3 nitrogen and oxygen atoms in total. The number of nitrogens with one attached hydrogen (secondary N) is 1. The highest BCUT2D eigenvalue weighted by Gasteiger charge is 2.04. The summed E-state index contributed by atoms with van der Waals surface area (Å²) in [5.41, 5.74) is 5.38. The van der Waals surface area contributed by atoms with Crippen LogP contribution in [0.2, 0.25) is 5.15 Å². The summed E-state index contributed by atoms with van der Waals surface area (Å²) in [5.74, 6) is 0. The Morgan fingerprint density at radius 2 is 2.50 bits per heavy atom. The Bertz CT molecular complexity index is 223. The predicted octanol–water partition coefficient (Wildman–Crippen LogP) is 1.30. The maximum Gasteiger partial charge on any atom is 0.184 e. The van der Waals surface area contributed by atoms with Gasteiger partial charge in [0, 0.05) is 13.6 Å². The molecular formula is C5H8ClN3S. The molecule has 0 saturated heterocycles. The smallest absolute Gasteiger partial charge is 0.184 e. The van der Waals surface area contributed by atoms with Gasteiger partial charge in [-0.15, -0.1) is 0 Å². The fourth-order valence-corrected chi connectivity index (χ4v) is 1.58. The van der Waals surface area contributed by atoms with Crippen LogP contribution in [0, 0.1) is 0 Å². The fourth-order valence-electron chi connectivity index (χ4n) is 0.566. The van der Waals surface area contributed by atoms with E-state index in [0.29, 0.717) is 11.7 Å². The maximum atomic E-state index is 5.70. The average molecular weight is 178 g/mol. The highest BCUT2D eigenvalue weighted by molar-refractivity contribution is 7.16. The molecule has 0 aromatic carbocycles. The van der Waals surface area contributed by atoms with Crippen molar-refractivity contribution in [3.63, 3.8) is 0 Å². The van der Waals surface area contributed by atoms with Gasteiger partial charge in [0.1, 0.15) is 5.15 Å². The van der Waals surface area contributed by atoms with Gasteiger partial charge >= 0.3 is 0 Å². The van der Waals surface area contributed by atoms with Gasteiger partial charge in [0.15, 0.2) is 5.13 Å². The number of hydrogen-bond acceptors (Lipinski definition) is 4. The second-order valence-electron chi connectivity index (χ2n) is 1.69. The summed E-state index contributed by atoms with van der Waals surface area (Å²) in [4.78, 5) is 4.92. The van der Waals surface area contributed by atoms with Gasteiger partial charge < -0.3 is 11.1 Å². The van der Waals surface area contributed by atoms with Gasteiger partial charge in [-0.1, -0.05) is 22.9 Å². The van der Waals surface area contributed by atoms with Crippen LogP contribution in [0.4, 0.5) is 5.13 Å². The van der Waals surface area contributed by atoms with Gasteiger partial charge in [-0.25, -0.2) is 4.98 Å². The van der Waals surface area contributed by atoms with E-state index in [4.69, 9.17) is 17.3 Å². The van der Waals surface area contributed by atoms with Gasteiger partial charge in [-0.2, -0.15) is 0 Å². The quantitative estimate of drug-likeness (QED) is 0.716. The van der Waals surface area contributed by atoms with Crippen LogP contribution in [0.1, 0.15) is 4.88 Å². The first-order chi connectivity index (χ1) is 4.77. The normalized spacial score (nSPS) is 9.90. The van der Waals surface area contributed by atoms with Crippen molar-refractivity contribution in [2.24, 2.45) is 5.73 Å². The molecule has 1 aromatic heterocycles. The van der Waals surface area contributed by atoms with Crippen LogP contribution in [-0.4, -0.2) is 12.0 Å². The molecule has 0 aliphatic carbocycles. The van der Waals surface area contributed by atoms with Gasteiger partial charge in [0.25, 0.3) is 0 Å². The number of nitrogens with zero attached hydrogens (tertiary/aromatic N) is 1.